The van der Waals surface area contributed by atoms with Crippen LogP contribution >= 0.6 is 12.2 Å². The molecule has 2 rings (SSSR count). The molecule has 1 aromatic rings. The molecule has 0 heterocycles. The molecule has 1 aliphatic rings. The second-order valence-corrected chi connectivity index (χ2v) is 5.90. The zero-order valence-corrected chi connectivity index (χ0v) is 13.4. The maximum Gasteiger partial charge on any atom is 0.170 e. The molecule has 122 valence electrons. The first-order valence-corrected chi connectivity index (χ1v) is 8.17. The minimum Gasteiger partial charge on any atom is -0.378 e. The summed E-state index contributed by atoms with van der Waals surface area (Å²) in [5.41, 5.74) is 0.426. The third kappa shape index (κ3) is 5.85. The van der Waals surface area contributed by atoms with Crippen LogP contribution in [0.2, 0.25) is 0 Å². The lowest BCUT2D eigenvalue weighted by molar-refractivity contribution is 0.0277. The van der Waals surface area contributed by atoms with E-state index in [0.29, 0.717) is 30.1 Å². The van der Waals surface area contributed by atoms with Crippen molar-refractivity contribution < 1.29 is 13.5 Å². The van der Waals surface area contributed by atoms with Gasteiger partial charge in [0.2, 0.25) is 0 Å². The highest BCUT2D eigenvalue weighted by molar-refractivity contribution is 7.80. The van der Waals surface area contributed by atoms with Crippen molar-refractivity contribution in [2.24, 2.45) is 0 Å². The van der Waals surface area contributed by atoms with Crippen LogP contribution in [0.25, 0.3) is 0 Å². The van der Waals surface area contributed by atoms with E-state index >= 15 is 0 Å². The fourth-order valence-electron chi connectivity index (χ4n) is 2.51. The number of halogens is 2. The molecule has 22 heavy (non-hydrogen) atoms. The highest BCUT2D eigenvalue weighted by atomic mass is 32.1. The molecule has 0 unspecified atom stereocenters. The predicted molar refractivity (Wildman–Crippen MR) is 88.0 cm³/mol. The lowest BCUT2D eigenvalue weighted by atomic mass is 9.98. The number of rotatable bonds is 6. The molecule has 6 heteroatoms. The minimum absolute atomic E-state index is 0.392. The molecule has 0 atom stereocenters. The second-order valence-electron chi connectivity index (χ2n) is 5.49. The monoisotopic (exact) mass is 328 g/mol. The van der Waals surface area contributed by atoms with E-state index in [1.165, 1.54) is 38.2 Å². The molecule has 0 bridgehead atoms. The summed E-state index contributed by atoms with van der Waals surface area (Å²) in [6.45, 7) is 1.40. The third-order valence-electron chi connectivity index (χ3n) is 3.69. The normalized spacial score (nSPS) is 15.5. The smallest absolute Gasteiger partial charge is 0.170 e. The molecule has 0 radical (unpaired) electrons. The van der Waals surface area contributed by atoms with Gasteiger partial charge in [-0.05, 0) is 43.6 Å². The van der Waals surface area contributed by atoms with Gasteiger partial charge in [0.25, 0.3) is 0 Å². The number of benzene rings is 1. The molecule has 0 saturated heterocycles. The Labute approximate surface area is 135 Å². The van der Waals surface area contributed by atoms with Crippen molar-refractivity contribution in [2.75, 3.05) is 18.5 Å². The maximum absolute atomic E-state index is 13.1. The van der Waals surface area contributed by atoms with Gasteiger partial charge in [0.15, 0.2) is 16.7 Å². The van der Waals surface area contributed by atoms with Crippen LogP contribution in [0, 0.1) is 11.6 Å². The van der Waals surface area contributed by atoms with Gasteiger partial charge in [-0.15, -0.1) is 0 Å². The van der Waals surface area contributed by atoms with Gasteiger partial charge in [-0.1, -0.05) is 19.3 Å². The van der Waals surface area contributed by atoms with Crippen molar-refractivity contribution in [3.8, 4) is 0 Å². The van der Waals surface area contributed by atoms with Crippen molar-refractivity contribution in [3.05, 3.63) is 29.8 Å². The van der Waals surface area contributed by atoms with Crippen LogP contribution in [0.4, 0.5) is 14.5 Å². The van der Waals surface area contributed by atoms with Crippen molar-refractivity contribution in [3.63, 3.8) is 0 Å². The summed E-state index contributed by atoms with van der Waals surface area (Å²) in [7, 11) is 0. The van der Waals surface area contributed by atoms with Gasteiger partial charge < -0.3 is 15.4 Å². The van der Waals surface area contributed by atoms with Crippen molar-refractivity contribution >= 4 is 23.0 Å². The molecule has 0 aromatic heterocycles. The third-order valence-corrected chi connectivity index (χ3v) is 3.94. The second kappa shape index (κ2) is 9.00. The average Bonchev–Trinajstić information content (AvgIpc) is 2.52. The minimum atomic E-state index is -0.895. The summed E-state index contributed by atoms with van der Waals surface area (Å²) in [4.78, 5) is 0. The Kier molecular flexibility index (Phi) is 6.99. The van der Waals surface area contributed by atoms with Gasteiger partial charge in [-0.2, -0.15) is 0 Å². The van der Waals surface area contributed by atoms with Crippen LogP contribution in [-0.4, -0.2) is 24.4 Å². The summed E-state index contributed by atoms with van der Waals surface area (Å²) in [5.74, 6) is -1.77. The lowest BCUT2D eigenvalue weighted by Crippen LogP contribution is -2.30. The summed E-state index contributed by atoms with van der Waals surface area (Å²) >= 11 is 5.11. The highest BCUT2D eigenvalue weighted by Gasteiger charge is 2.12. The molecular formula is C16H22F2N2OS. The molecule has 2 N–H and O–H groups in total. The zero-order valence-electron chi connectivity index (χ0n) is 12.5. The van der Waals surface area contributed by atoms with Crippen LogP contribution < -0.4 is 10.6 Å². The first-order valence-electron chi connectivity index (χ1n) is 7.76. The van der Waals surface area contributed by atoms with Gasteiger partial charge >= 0.3 is 0 Å². The summed E-state index contributed by atoms with van der Waals surface area (Å²) in [5, 5.41) is 6.24. The Balaban J connectivity index is 1.58. The Morgan fingerprint density at radius 1 is 1.18 bits per heavy atom. The van der Waals surface area contributed by atoms with E-state index in [4.69, 9.17) is 17.0 Å². The molecule has 1 fully saturated rings. The van der Waals surface area contributed by atoms with Crippen LogP contribution in [0.1, 0.15) is 38.5 Å². The van der Waals surface area contributed by atoms with Crippen LogP contribution in [0.3, 0.4) is 0 Å². The maximum atomic E-state index is 13.1. The van der Waals surface area contributed by atoms with E-state index in [-0.39, 0.29) is 0 Å². The Bertz CT molecular complexity index is 493. The van der Waals surface area contributed by atoms with E-state index in [1.807, 2.05) is 0 Å². The van der Waals surface area contributed by atoms with Crippen molar-refractivity contribution in [2.45, 2.75) is 44.6 Å². The fourth-order valence-corrected chi connectivity index (χ4v) is 2.72. The molecule has 0 amide bonds. The van der Waals surface area contributed by atoms with Crippen molar-refractivity contribution in [1.29, 1.82) is 0 Å². The van der Waals surface area contributed by atoms with Gasteiger partial charge in [0.05, 0.1) is 6.10 Å². The highest BCUT2D eigenvalue weighted by Crippen LogP contribution is 2.20. The molecule has 0 aliphatic heterocycles. The lowest BCUT2D eigenvalue weighted by Gasteiger charge is -2.22. The fraction of sp³-hybridized carbons (Fsp3) is 0.562. The number of hydrogen-bond donors (Lipinski definition) is 2. The van der Waals surface area contributed by atoms with Crippen LogP contribution in [-0.2, 0) is 4.74 Å². The van der Waals surface area contributed by atoms with Crippen LogP contribution in [0.5, 0.6) is 0 Å². The first kappa shape index (κ1) is 17.1. The molecular weight excluding hydrogens is 306 g/mol. The van der Waals surface area contributed by atoms with Crippen molar-refractivity contribution in [1.82, 2.24) is 5.32 Å². The SMILES string of the molecule is Fc1ccc(NC(=S)NCCCOC2CCCCC2)cc1F. The standard InChI is InChI=1S/C16H22F2N2OS/c17-14-8-7-12(11-15(14)18)20-16(22)19-9-4-10-21-13-5-2-1-3-6-13/h7-8,11,13H,1-6,9-10H2,(H2,19,20,22). The summed E-state index contributed by atoms with van der Waals surface area (Å²) < 4.78 is 31.7. The largest absolute Gasteiger partial charge is 0.378 e. The zero-order chi connectivity index (χ0) is 15.8. The Hall–Kier alpha value is -1.27. The van der Waals surface area contributed by atoms with Gasteiger partial charge in [0, 0.05) is 24.9 Å². The van der Waals surface area contributed by atoms with E-state index in [9.17, 15) is 8.78 Å². The molecule has 3 nitrogen and oxygen atoms in total. The Morgan fingerprint density at radius 3 is 2.68 bits per heavy atom. The topological polar surface area (TPSA) is 33.3 Å². The summed E-state index contributed by atoms with van der Waals surface area (Å²) in [6, 6.07) is 3.59. The van der Waals surface area contributed by atoms with Gasteiger partial charge in [-0.3, -0.25) is 0 Å². The van der Waals surface area contributed by atoms with E-state index in [1.54, 1.807) is 0 Å². The Morgan fingerprint density at radius 2 is 1.95 bits per heavy atom. The molecule has 1 aliphatic carbocycles. The number of ether oxygens (including phenoxy) is 1. The van der Waals surface area contributed by atoms with E-state index < -0.39 is 11.6 Å². The van der Waals surface area contributed by atoms with Crippen LogP contribution in [0.15, 0.2) is 18.2 Å². The molecule has 1 saturated carbocycles. The quantitative estimate of drug-likeness (QED) is 0.611. The average molecular weight is 328 g/mol. The van der Waals surface area contributed by atoms with E-state index in [2.05, 4.69) is 10.6 Å². The number of thiocarbonyl (C=S) groups is 1. The van der Waals surface area contributed by atoms with Gasteiger partial charge in [-0.25, -0.2) is 8.78 Å². The van der Waals surface area contributed by atoms with Gasteiger partial charge in [0.1, 0.15) is 0 Å². The number of hydrogen-bond acceptors (Lipinski definition) is 2. The molecule has 1 aromatic carbocycles. The predicted octanol–water partition coefficient (Wildman–Crippen LogP) is 3.99. The number of nitrogens with one attached hydrogen (secondary N) is 2. The summed E-state index contributed by atoms with van der Waals surface area (Å²) in [6.07, 6.45) is 7.48. The molecule has 0 spiro atoms. The first-order chi connectivity index (χ1) is 10.6. The number of anilines is 1. The van der Waals surface area contributed by atoms with E-state index in [0.717, 1.165) is 18.6 Å².